The molecule has 5 heteroatoms. The van der Waals surface area contributed by atoms with Crippen molar-refractivity contribution in [3.8, 4) is 22.4 Å². The SMILES string of the molecule is c1ccc2c(c1)B1N(c3cccnc3-2)c2cc(-c3ccc4sc5ccccc5c4c3)cc3c4ccccc4n1c23. The monoisotopic (exact) mass is 525 g/mol. The summed E-state index contributed by atoms with van der Waals surface area (Å²) in [5.41, 5.74) is 11.0. The van der Waals surface area contributed by atoms with Gasteiger partial charge < -0.3 is 9.29 Å². The van der Waals surface area contributed by atoms with Gasteiger partial charge in [-0.2, -0.15) is 0 Å². The van der Waals surface area contributed by atoms with E-state index in [1.54, 1.807) is 0 Å². The quantitative estimate of drug-likeness (QED) is 0.200. The van der Waals surface area contributed by atoms with Gasteiger partial charge in [0.25, 0.3) is 0 Å². The lowest BCUT2D eigenvalue weighted by Crippen LogP contribution is -2.51. The molecular formula is C35H20BN3S. The Morgan fingerprint density at radius 3 is 2.38 bits per heavy atom. The first-order valence-electron chi connectivity index (χ1n) is 13.7. The van der Waals surface area contributed by atoms with Crippen LogP contribution in [0.2, 0.25) is 0 Å². The Kier molecular flexibility index (Phi) is 3.89. The number of anilines is 2. The Labute approximate surface area is 234 Å². The van der Waals surface area contributed by atoms with Gasteiger partial charge in [-0.15, -0.1) is 11.3 Å². The summed E-state index contributed by atoms with van der Waals surface area (Å²) in [7, 11) is 0. The van der Waals surface area contributed by atoms with Gasteiger partial charge in [0.05, 0.1) is 22.6 Å². The van der Waals surface area contributed by atoms with E-state index in [4.69, 9.17) is 4.98 Å². The van der Waals surface area contributed by atoms with Crippen molar-refractivity contribution in [2.45, 2.75) is 0 Å². The van der Waals surface area contributed by atoms with Crippen LogP contribution in [0.4, 0.5) is 11.4 Å². The maximum Gasteiger partial charge on any atom is 0.421 e. The minimum absolute atomic E-state index is 0.0452. The molecule has 184 valence electrons. The number of pyridine rings is 1. The van der Waals surface area contributed by atoms with E-state index in [0.717, 1.165) is 11.4 Å². The van der Waals surface area contributed by atoms with Crippen LogP contribution in [0.1, 0.15) is 0 Å². The number of para-hydroxylation sites is 1. The van der Waals surface area contributed by atoms with Crippen molar-refractivity contribution in [1.29, 1.82) is 0 Å². The third-order valence-electron chi connectivity index (χ3n) is 8.78. The van der Waals surface area contributed by atoms with E-state index >= 15 is 0 Å². The van der Waals surface area contributed by atoms with Crippen molar-refractivity contribution < 1.29 is 0 Å². The van der Waals surface area contributed by atoms with Gasteiger partial charge in [-0.3, -0.25) is 4.98 Å². The zero-order valence-corrected chi connectivity index (χ0v) is 22.2. The van der Waals surface area contributed by atoms with Crippen molar-refractivity contribution in [2.24, 2.45) is 0 Å². The van der Waals surface area contributed by atoms with Gasteiger partial charge >= 0.3 is 6.98 Å². The normalized spacial score (nSPS) is 13.4. The molecule has 0 radical (unpaired) electrons. The highest BCUT2D eigenvalue weighted by Gasteiger charge is 2.45. The van der Waals surface area contributed by atoms with Gasteiger partial charge in [-0.25, -0.2) is 0 Å². The summed E-state index contributed by atoms with van der Waals surface area (Å²) in [6.07, 6.45) is 1.91. The molecule has 0 N–H and O–H groups in total. The Morgan fingerprint density at radius 2 is 1.40 bits per heavy atom. The molecule has 8 aromatic rings. The van der Waals surface area contributed by atoms with E-state index in [-0.39, 0.29) is 6.98 Å². The largest absolute Gasteiger partial charge is 0.421 e. The number of aromatic nitrogens is 2. The summed E-state index contributed by atoms with van der Waals surface area (Å²) in [6.45, 7) is 0.0452. The van der Waals surface area contributed by atoms with E-state index in [1.807, 2.05) is 17.5 Å². The fraction of sp³-hybridized carbons (Fsp3) is 0. The third-order valence-corrected chi connectivity index (χ3v) is 9.94. The summed E-state index contributed by atoms with van der Waals surface area (Å²) in [4.78, 5) is 7.40. The molecule has 0 aliphatic carbocycles. The molecule has 5 heterocycles. The Hall–Kier alpha value is -4.87. The standard InChI is InChI=1S/C35H20BN3S/c1-4-11-28-25(10-1)34-30(13-7-17-37-34)38-31-20-22(19-27-23-8-2-5-12-29(23)39(35(27)31)36(28)38)21-15-16-33-26(18-21)24-9-3-6-14-32(24)40-33/h1-20H. The van der Waals surface area contributed by atoms with E-state index in [2.05, 4.69) is 125 Å². The van der Waals surface area contributed by atoms with Gasteiger partial charge in [0.2, 0.25) is 0 Å². The Morgan fingerprint density at radius 1 is 0.600 bits per heavy atom. The van der Waals surface area contributed by atoms with Gasteiger partial charge in [0.1, 0.15) is 0 Å². The Bertz CT molecular complexity index is 2370. The van der Waals surface area contributed by atoms with Crippen LogP contribution in [0.25, 0.3) is 64.4 Å². The number of benzene rings is 5. The van der Waals surface area contributed by atoms with E-state index in [1.165, 1.54) is 69.8 Å². The lowest BCUT2D eigenvalue weighted by atomic mass is 9.61. The molecule has 0 bridgehead atoms. The van der Waals surface area contributed by atoms with Crippen molar-refractivity contribution in [1.82, 2.24) is 9.46 Å². The Balaban J connectivity index is 1.31. The molecule has 0 fully saturated rings. The lowest BCUT2D eigenvalue weighted by Gasteiger charge is -2.33. The maximum absolute atomic E-state index is 4.88. The minimum atomic E-state index is 0.0452. The molecule has 0 spiro atoms. The van der Waals surface area contributed by atoms with Gasteiger partial charge in [-0.1, -0.05) is 66.7 Å². The number of fused-ring (bicyclic) bond motifs is 14. The number of hydrogen-bond donors (Lipinski definition) is 0. The van der Waals surface area contributed by atoms with Crippen molar-refractivity contribution in [2.75, 3.05) is 4.81 Å². The van der Waals surface area contributed by atoms with Crippen LogP contribution in [-0.2, 0) is 0 Å². The number of thiophene rings is 1. The van der Waals surface area contributed by atoms with E-state index in [9.17, 15) is 0 Å². The smallest absolute Gasteiger partial charge is 0.359 e. The molecule has 5 aromatic carbocycles. The molecule has 0 unspecified atom stereocenters. The lowest BCUT2D eigenvalue weighted by molar-refractivity contribution is 1.25. The molecule has 40 heavy (non-hydrogen) atoms. The molecule has 0 saturated carbocycles. The number of nitrogens with zero attached hydrogens (tertiary/aromatic N) is 3. The fourth-order valence-electron chi connectivity index (χ4n) is 7.14. The first kappa shape index (κ1) is 21.0. The van der Waals surface area contributed by atoms with Gasteiger partial charge in [-0.05, 0) is 65.1 Å². The van der Waals surface area contributed by atoms with E-state index < -0.39 is 0 Å². The fourth-order valence-corrected chi connectivity index (χ4v) is 8.23. The first-order chi connectivity index (χ1) is 19.8. The van der Waals surface area contributed by atoms with Crippen LogP contribution in [0.5, 0.6) is 0 Å². The highest BCUT2D eigenvalue weighted by atomic mass is 32.1. The van der Waals surface area contributed by atoms with Gasteiger partial charge in [0, 0.05) is 48.2 Å². The van der Waals surface area contributed by atoms with Gasteiger partial charge in [0.15, 0.2) is 0 Å². The average molecular weight is 525 g/mol. The number of rotatable bonds is 1. The summed E-state index contributed by atoms with van der Waals surface area (Å²) < 4.78 is 5.22. The maximum atomic E-state index is 4.88. The highest BCUT2D eigenvalue weighted by Crippen LogP contribution is 2.50. The molecule has 0 saturated heterocycles. The first-order valence-corrected chi connectivity index (χ1v) is 14.5. The van der Waals surface area contributed by atoms with Crippen LogP contribution in [-0.4, -0.2) is 16.4 Å². The molecule has 10 rings (SSSR count). The molecule has 3 aromatic heterocycles. The summed E-state index contributed by atoms with van der Waals surface area (Å²) in [5.74, 6) is 0. The summed E-state index contributed by atoms with van der Waals surface area (Å²) >= 11 is 1.87. The second kappa shape index (κ2) is 7.41. The molecule has 0 atom stereocenters. The van der Waals surface area contributed by atoms with Crippen LogP contribution < -0.4 is 10.3 Å². The molecule has 2 aliphatic heterocycles. The predicted octanol–water partition coefficient (Wildman–Crippen LogP) is 8.60. The van der Waals surface area contributed by atoms with Crippen LogP contribution in [0.15, 0.2) is 121 Å². The van der Waals surface area contributed by atoms with Crippen molar-refractivity contribution in [3.63, 3.8) is 0 Å². The molecule has 2 aliphatic rings. The topological polar surface area (TPSA) is 21.1 Å². The van der Waals surface area contributed by atoms with Crippen LogP contribution in [0.3, 0.4) is 0 Å². The third kappa shape index (κ3) is 2.54. The number of hydrogen-bond acceptors (Lipinski definition) is 3. The molecular weight excluding hydrogens is 505 g/mol. The second-order valence-corrected chi connectivity index (χ2v) is 11.9. The second-order valence-electron chi connectivity index (χ2n) is 10.8. The molecule has 0 amide bonds. The van der Waals surface area contributed by atoms with Crippen LogP contribution in [0, 0.1) is 0 Å². The zero-order chi connectivity index (χ0) is 25.9. The van der Waals surface area contributed by atoms with E-state index in [0.29, 0.717) is 0 Å². The minimum Gasteiger partial charge on any atom is -0.359 e. The average Bonchev–Trinajstić information content (AvgIpc) is 3.67. The highest BCUT2D eigenvalue weighted by molar-refractivity contribution is 7.25. The van der Waals surface area contributed by atoms with Crippen molar-refractivity contribution in [3.05, 3.63) is 121 Å². The summed E-state index contributed by atoms with van der Waals surface area (Å²) in [5, 5.41) is 5.27. The van der Waals surface area contributed by atoms with Crippen molar-refractivity contribution >= 4 is 77.1 Å². The predicted molar refractivity (Wildman–Crippen MR) is 170 cm³/mol. The zero-order valence-electron chi connectivity index (χ0n) is 21.4. The van der Waals surface area contributed by atoms with Crippen LogP contribution >= 0.6 is 11.3 Å². The summed E-state index contributed by atoms with van der Waals surface area (Å²) in [6, 6.07) is 42.4. The molecule has 3 nitrogen and oxygen atoms in total.